The van der Waals surface area contributed by atoms with E-state index >= 15 is 0 Å². The summed E-state index contributed by atoms with van der Waals surface area (Å²) < 4.78 is 0. The van der Waals surface area contributed by atoms with Crippen LogP contribution in [0.2, 0.25) is 0 Å². The van der Waals surface area contributed by atoms with Gasteiger partial charge in [0.2, 0.25) is 5.12 Å². The Kier molecular flexibility index (Phi) is 6.64. The van der Waals surface area contributed by atoms with Crippen molar-refractivity contribution in [3.63, 3.8) is 0 Å². The average molecular weight is 314 g/mol. The molecule has 0 aliphatic heterocycles. The molecule has 2 rings (SSSR count). The van der Waals surface area contributed by atoms with Gasteiger partial charge in [0.1, 0.15) is 0 Å². The lowest BCUT2D eigenvalue weighted by molar-refractivity contribution is -0.107. The largest absolute Gasteiger partial charge is 0.282 e. The molecule has 3 heteroatoms. The van der Waals surface area contributed by atoms with Crippen molar-refractivity contribution in [2.75, 3.05) is 0 Å². The Hall–Kier alpha value is -1.45. The van der Waals surface area contributed by atoms with E-state index in [0.717, 1.165) is 22.6 Å². The first-order valence-electron chi connectivity index (χ1n) is 6.98. The van der Waals surface area contributed by atoms with Crippen molar-refractivity contribution in [2.24, 2.45) is 0 Å². The van der Waals surface area contributed by atoms with Crippen molar-refractivity contribution in [3.05, 3.63) is 71.6 Å². The molecule has 0 aliphatic carbocycles. The first kappa shape index (κ1) is 15.9. The van der Waals surface area contributed by atoms with Crippen LogP contribution < -0.4 is 0 Å². The molecular weight excluding hydrogens is 296 g/mol. The maximum absolute atomic E-state index is 12.2. The molecule has 0 fully saturated rings. The molecule has 0 saturated heterocycles. The lowest BCUT2D eigenvalue weighted by Crippen LogP contribution is -1.88. The Labute approximate surface area is 134 Å². The number of allylic oxidation sites excluding steroid dienone is 1. The number of carbonyl (C=O) groups is 1. The molecule has 0 radical (unpaired) electrons. The fraction of sp³-hybridized carbons (Fsp3) is 0.167. The number of hydrogen-bond donors (Lipinski definition) is 0. The van der Waals surface area contributed by atoms with Crippen LogP contribution in [-0.4, -0.2) is 5.12 Å². The number of rotatable bonds is 6. The summed E-state index contributed by atoms with van der Waals surface area (Å²) in [5.41, 5.74) is 0. The molecule has 2 aromatic carbocycles. The molecule has 0 N–H and O–H groups in total. The molecule has 108 valence electrons. The quantitative estimate of drug-likeness (QED) is 0.497. The molecule has 2 aromatic rings. The summed E-state index contributed by atoms with van der Waals surface area (Å²) >= 11 is 2.96. The van der Waals surface area contributed by atoms with Crippen LogP contribution in [0.3, 0.4) is 0 Å². The third-order valence-electron chi connectivity index (χ3n) is 2.73. The molecular formula is C18H18OS2. The molecule has 0 aromatic heterocycles. The van der Waals surface area contributed by atoms with Gasteiger partial charge in [-0.1, -0.05) is 61.5 Å². The molecule has 0 bridgehead atoms. The monoisotopic (exact) mass is 314 g/mol. The molecule has 0 unspecified atom stereocenters. The minimum Gasteiger partial charge on any atom is -0.282 e. The fourth-order valence-corrected chi connectivity index (χ4v) is 3.67. The molecule has 0 heterocycles. The highest BCUT2D eigenvalue weighted by Gasteiger charge is 2.06. The zero-order valence-corrected chi connectivity index (χ0v) is 13.6. The van der Waals surface area contributed by atoms with E-state index in [1.54, 1.807) is 17.8 Å². The molecule has 1 nitrogen and oxygen atoms in total. The van der Waals surface area contributed by atoms with Gasteiger partial charge in [0.25, 0.3) is 0 Å². The van der Waals surface area contributed by atoms with Crippen LogP contribution in [0.1, 0.15) is 19.8 Å². The zero-order chi connectivity index (χ0) is 14.9. The Bertz CT molecular complexity index is 591. The second kappa shape index (κ2) is 8.75. The van der Waals surface area contributed by atoms with E-state index in [0.29, 0.717) is 0 Å². The van der Waals surface area contributed by atoms with Crippen molar-refractivity contribution in [3.8, 4) is 0 Å². The molecule has 0 aliphatic rings. The van der Waals surface area contributed by atoms with Crippen LogP contribution in [-0.2, 0) is 4.79 Å². The van der Waals surface area contributed by atoms with Crippen molar-refractivity contribution in [1.82, 2.24) is 0 Å². The summed E-state index contributed by atoms with van der Waals surface area (Å²) in [5.74, 6) is 0. The fourth-order valence-electron chi connectivity index (χ4n) is 1.80. The van der Waals surface area contributed by atoms with E-state index in [9.17, 15) is 4.79 Å². The third-order valence-corrected chi connectivity index (χ3v) is 4.65. The van der Waals surface area contributed by atoms with Gasteiger partial charge < -0.3 is 0 Å². The van der Waals surface area contributed by atoms with Crippen molar-refractivity contribution in [1.29, 1.82) is 0 Å². The summed E-state index contributed by atoms with van der Waals surface area (Å²) in [5, 5.41) is 0.0908. The summed E-state index contributed by atoms with van der Waals surface area (Å²) in [6.45, 7) is 2.13. The van der Waals surface area contributed by atoms with Gasteiger partial charge in [-0.25, -0.2) is 0 Å². The van der Waals surface area contributed by atoms with Crippen LogP contribution in [0.25, 0.3) is 0 Å². The Morgan fingerprint density at radius 2 is 1.43 bits per heavy atom. The number of hydrogen-bond acceptors (Lipinski definition) is 3. The van der Waals surface area contributed by atoms with E-state index in [1.807, 2.05) is 48.5 Å². The number of carbonyl (C=O) groups excluding carboxylic acids is 1. The van der Waals surface area contributed by atoms with E-state index in [1.165, 1.54) is 16.7 Å². The highest BCUT2D eigenvalue weighted by molar-refractivity contribution is 8.14. The second-order valence-electron chi connectivity index (χ2n) is 4.51. The smallest absolute Gasteiger partial charge is 0.217 e. The molecule has 0 amide bonds. The van der Waals surface area contributed by atoms with Crippen LogP contribution >= 0.6 is 23.5 Å². The highest BCUT2D eigenvalue weighted by Crippen LogP contribution is 2.31. The average Bonchev–Trinajstić information content (AvgIpc) is 2.49. The summed E-state index contributed by atoms with van der Waals surface area (Å²) in [7, 11) is 0. The van der Waals surface area contributed by atoms with Gasteiger partial charge in [-0.05, 0) is 47.4 Å². The first-order chi connectivity index (χ1) is 10.3. The van der Waals surface area contributed by atoms with Gasteiger partial charge in [-0.3, -0.25) is 4.79 Å². The van der Waals surface area contributed by atoms with Gasteiger partial charge in [-0.15, -0.1) is 0 Å². The van der Waals surface area contributed by atoms with Crippen molar-refractivity contribution < 1.29 is 4.79 Å². The van der Waals surface area contributed by atoms with E-state index in [-0.39, 0.29) is 5.12 Å². The Balaban J connectivity index is 2.04. The van der Waals surface area contributed by atoms with E-state index < -0.39 is 0 Å². The van der Waals surface area contributed by atoms with Gasteiger partial charge >= 0.3 is 0 Å². The minimum atomic E-state index is 0.0908. The maximum atomic E-state index is 12.2. The maximum Gasteiger partial charge on any atom is 0.217 e. The predicted molar refractivity (Wildman–Crippen MR) is 92.6 cm³/mol. The van der Waals surface area contributed by atoms with Gasteiger partial charge in [0.15, 0.2) is 0 Å². The molecule has 0 saturated carbocycles. The van der Waals surface area contributed by atoms with E-state index in [4.69, 9.17) is 0 Å². The SMILES string of the molecule is CCCC(=CC(=O)Sc1ccccc1)Sc1ccccc1. The summed E-state index contributed by atoms with van der Waals surface area (Å²) in [4.78, 5) is 15.4. The standard InChI is InChI=1S/C18H18OS2/c1-2-9-17(20-15-10-5-3-6-11-15)14-18(19)21-16-12-7-4-8-13-16/h3-8,10-14H,2,9H2,1H3. The van der Waals surface area contributed by atoms with Crippen LogP contribution in [0.15, 0.2) is 81.4 Å². The first-order valence-corrected chi connectivity index (χ1v) is 8.61. The normalized spacial score (nSPS) is 11.4. The molecule has 21 heavy (non-hydrogen) atoms. The Morgan fingerprint density at radius 1 is 0.905 bits per heavy atom. The van der Waals surface area contributed by atoms with Crippen LogP contribution in [0.4, 0.5) is 0 Å². The molecule has 0 spiro atoms. The van der Waals surface area contributed by atoms with Crippen molar-refractivity contribution in [2.45, 2.75) is 29.6 Å². The second-order valence-corrected chi connectivity index (χ2v) is 6.79. The highest BCUT2D eigenvalue weighted by atomic mass is 32.2. The lowest BCUT2D eigenvalue weighted by Gasteiger charge is -2.06. The Morgan fingerprint density at radius 3 is 1.95 bits per heavy atom. The van der Waals surface area contributed by atoms with Gasteiger partial charge in [0, 0.05) is 15.9 Å². The van der Waals surface area contributed by atoms with Gasteiger partial charge in [-0.2, -0.15) is 0 Å². The zero-order valence-electron chi connectivity index (χ0n) is 12.0. The van der Waals surface area contributed by atoms with Crippen LogP contribution in [0.5, 0.6) is 0 Å². The topological polar surface area (TPSA) is 17.1 Å². The van der Waals surface area contributed by atoms with Crippen molar-refractivity contribution >= 4 is 28.6 Å². The third kappa shape index (κ3) is 5.82. The molecule has 0 atom stereocenters. The van der Waals surface area contributed by atoms with Gasteiger partial charge in [0.05, 0.1) is 0 Å². The number of thioether (sulfide) groups is 2. The lowest BCUT2D eigenvalue weighted by atomic mass is 10.3. The summed E-state index contributed by atoms with van der Waals surface area (Å²) in [6.07, 6.45) is 3.74. The minimum absolute atomic E-state index is 0.0908. The number of benzene rings is 2. The van der Waals surface area contributed by atoms with Crippen LogP contribution in [0, 0.1) is 0 Å². The predicted octanol–water partition coefficient (Wildman–Crippen LogP) is 5.78. The summed E-state index contributed by atoms with van der Waals surface area (Å²) in [6, 6.07) is 20.0. The van der Waals surface area contributed by atoms with E-state index in [2.05, 4.69) is 19.1 Å².